The van der Waals surface area contributed by atoms with Crippen molar-refractivity contribution in [2.24, 2.45) is 0 Å². The molecule has 1 heterocycles. The third-order valence-corrected chi connectivity index (χ3v) is 3.87. The van der Waals surface area contributed by atoms with Crippen molar-refractivity contribution in [2.45, 2.75) is 51.5 Å². The minimum atomic E-state index is -3.24. The van der Waals surface area contributed by atoms with Crippen LogP contribution in [0.2, 0.25) is 5.02 Å². The van der Waals surface area contributed by atoms with Crippen molar-refractivity contribution in [3.05, 3.63) is 28.8 Å². The third kappa shape index (κ3) is 5.70. The average molecular weight is 380 g/mol. The van der Waals surface area contributed by atoms with E-state index < -0.39 is 24.5 Å². The number of alkyl halides is 3. The van der Waals surface area contributed by atoms with Crippen LogP contribution in [0.3, 0.4) is 0 Å². The van der Waals surface area contributed by atoms with Crippen LogP contribution in [0.15, 0.2) is 18.2 Å². The maximum absolute atomic E-state index is 13.1. The summed E-state index contributed by atoms with van der Waals surface area (Å²) >= 11 is 5.98. The Morgan fingerprint density at radius 2 is 1.96 bits per heavy atom. The van der Waals surface area contributed by atoms with Crippen LogP contribution in [0.25, 0.3) is 0 Å². The molecule has 25 heavy (non-hydrogen) atoms. The van der Waals surface area contributed by atoms with Crippen LogP contribution in [-0.2, 0) is 4.74 Å². The minimum Gasteiger partial charge on any atom is -0.454 e. The molecule has 8 heteroatoms. The van der Waals surface area contributed by atoms with Crippen LogP contribution in [0.1, 0.15) is 38.7 Å². The summed E-state index contributed by atoms with van der Waals surface area (Å²) in [5.41, 5.74) is 0.118. The zero-order valence-electron chi connectivity index (χ0n) is 14.3. The smallest absolute Gasteiger partial charge is 0.410 e. The molecule has 140 valence electrons. The lowest BCUT2D eigenvalue weighted by atomic mass is 9.98. The van der Waals surface area contributed by atoms with E-state index in [1.54, 1.807) is 31.7 Å². The van der Waals surface area contributed by atoms with Crippen LogP contribution in [-0.4, -0.2) is 42.5 Å². The number of benzene rings is 1. The Morgan fingerprint density at radius 1 is 1.28 bits per heavy atom. The molecular formula is C17H21ClF3NO3. The topological polar surface area (TPSA) is 38.8 Å². The predicted molar refractivity (Wildman–Crippen MR) is 88.1 cm³/mol. The molecule has 2 atom stereocenters. The summed E-state index contributed by atoms with van der Waals surface area (Å²) < 4.78 is 47.6. The highest BCUT2D eigenvalue weighted by Crippen LogP contribution is 2.33. The third-order valence-electron chi connectivity index (χ3n) is 3.65. The predicted octanol–water partition coefficient (Wildman–Crippen LogP) is 5.00. The summed E-state index contributed by atoms with van der Waals surface area (Å²) in [5, 5.41) is 0.254. The van der Waals surface area contributed by atoms with Gasteiger partial charge < -0.3 is 14.4 Å². The lowest BCUT2D eigenvalue weighted by Crippen LogP contribution is -2.35. The number of carbonyl (C=O) groups excluding carboxylic acids is 1. The Balaban J connectivity index is 2.07. The Kier molecular flexibility index (Phi) is 6.08. The van der Waals surface area contributed by atoms with Crippen LogP contribution in [0.4, 0.5) is 18.0 Å². The first-order chi connectivity index (χ1) is 11.5. The average Bonchev–Trinajstić information content (AvgIpc) is 2.94. The van der Waals surface area contributed by atoms with E-state index in [4.69, 9.17) is 16.3 Å². The maximum atomic E-state index is 13.1. The van der Waals surface area contributed by atoms with Crippen molar-refractivity contribution in [2.75, 3.05) is 13.1 Å². The lowest BCUT2D eigenvalue weighted by molar-refractivity contribution is -0.0669. The van der Waals surface area contributed by atoms with Gasteiger partial charge in [-0.3, -0.25) is 0 Å². The molecular weight excluding hydrogens is 359 g/mol. The number of rotatable bonds is 4. The van der Waals surface area contributed by atoms with Gasteiger partial charge in [0, 0.05) is 24.0 Å². The summed E-state index contributed by atoms with van der Waals surface area (Å²) in [5.74, 6) is -0.121. The zero-order chi connectivity index (χ0) is 18.8. The molecule has 4 nitrogen and oxygen atoms in total. The van der Waals surface area contributed by atoms with E-state index in [1.807, 2.05) is 0 Å². The van der Waals surface area contributed by atoms with Gasteiger partial charge in [0.25, 0.3) is 6.36 Å². The fourth-order valence-corrected chi connectivity index (χ4v) is 2.83. The van der Waals surface area contributed by atoms with Gasteiger partial charge in [-0.05, 0) is 51.0 Å². The molecule has 1 amide bonds. The summed E-state index contributed by atoms with van der Waals surface area (Å²) in [6.45, 7) is 6.27. The Bertz CT molecular complexity index is 622. The van der Waals surface area contributed by atoms with Crippen molar-refractivity contribution in [1.82, 2.24) is 4.90 Å². The second kappa shape index (κ2) is 7.72. The Hall–Kier alpha value is -1.63. The van der Waals surface area contributed by atoms with Gasteiger partial charge in [0.05, 0.1) is 0 Å². The van der Waals surface area contributed by atoms with Crippen molar-refractivity contribution >= 4 is 17.7 Å². The molecule has 0 saturated carbocycles. The fourth-order valence-electron chi connectivity index (χ4n) is 2.59. The number of halogens is 4. The molecule has 0 bridgehead atoms. The van der Waals surface area contributed by atoms with E-state index in [9.17, 15) is 18.0 Å². The van der Waals surface area contributed by atoms with E-state index in [2.05, 4.69) is 4.74 Å². The largest absolute Gasteiger partial charge is 0.454 e. The first-order valence-corrected chi connectivity index (χ1v) is 8.30. The highest BCUT2D eigenvalue weighted by atomic mass is 35.5. The summed E-state index contributed by atoms with van der Waals surface area (Å²) in [6.07, 6.45) is -5.70. The van der Waals surface area contributed by atoms with Crippen LogP contribution in [0.5, 0.6) is 5.75 Å². The Morgan fingerprint density at radius 3 is 2.56 bits per heavy atom. The first-order valence-electron chi connectivity index (χ1n) is 7.92. The van der Waals surface area contributed by atoms with Gasteiger partial charge in [0.1, 0.15) is 11.4 Å². The van der Waals surface area contributed by atoms with Gasteiger partial charge in [-0.2, -0.15) is 4.39 Å². The van der Waals surface area contributed by atoms with Crippen molar-refractivity contribution < 1.29 is 27.4 Å². The van der Waals surface area contributed by atoms with Gasteiger partial charge in [-0.25, -0.2) is 13.6 Å². The highest BCUT2D eigenvalue weighted by molar-refractivity contribution is 6.30. The quantitative estimate of drug-likeness (QED) is 0.738. The standard InChI is InChI=1S/C17H21ClF3NO3/c1-17(2,3)25-16(23)22-5-4-10(9-22)11-6-12(18)8-13(7-11)24-15(21)14(19)20/h6-8,10,14-15H,4-5,9H2,1-3H3. The van der Waals surface area contributed by atoms with E-state index >= 15 is 0 Å². The van der Waals surface area contributed by atoms with E-state index in [0.29, 0.717) is 25.1 Å². The molecule has 2 rings (SSSR count). The summed E-state index contributed by atoms with van der Waals surface area (Å²) in [6, 6.07) is 4.41. The van der Waals surface area contributed by atoms with Crippen LogP contribution in [0, 0.1) is 0 Å². The molecule has 1 aliphatic heterocycles. The molecule has 1 fully saturated rings. The highest BCUT2D eigenvalue weighted by Gasteiger charge is 2.31. The molecule has 1 aromatic rings. The molecule has 0 radical (unpaired) electrons. The van der Waals surface area contributed by atoms with Crippen LogP contribution >= 0.6 is 11.6 Å². The summed E-state index contributed by atoms with van der Waals surface area (Å²) in [4.78, 5) is 13.7. The molecule has 2 unspecified atom stereocenters. The van der Waals surface area contributed by atoms with E-state index in [1.165, 1.54) is 12.1 Å². The lowest BCUT2D eigenvalue weighted by Gasteiger charge is -2.24. The zero-order valence-corrected chi connectivity index (χ0v) is 15.0. The first kappa shape index (κ1) is 19.7. The molecule has 0 spiro atoms. The Labute approximate surface area is 149 Å². The number of ether oxygens (including phenoxy) is 2. The number of hydrogen-bond acceptors (Lipinski definition) is 3. The number of likely N-dealkylation sites (tertiary alicyclic amines) is 1. The van der Waals surface area contributed by atoms with Gasteiger partial charge in [0.15, 0.2) is 0 Å². The monoisotopic (exact) mass is 379 g/mol. The van der Waals surface area contributed by atoms with Gasteiger partial charge in [-0.1, -0.05) is 11.6 Å². The van der Waals surface area contributed by atoms with Crippen molar-refractivity contribution in [3.8, 4) is 5.75 Å². The summed E-state index contributed by atoms with van der Waals surface area (Å²) in [7, 11) is 0. The van der Waals surface area contributed by atoms with Gasteiger partial charge in [0.2, 0.25) is 0 Å². The number of hydrogen-bond donors (Lipinski definition) is 0. The number of nitrogens with zero attached hydrogens (tertiary/aromatic N) is 1. The van der Waals surface area contributed by atoms with Crippen molar-refractivity contribution in [1.29, 1.82) is 0 Å². The van der Waals surface area contributed by atoms with E-state index in [-0.39, 0.29) is 16.7 Å². The van der Waals surface area contributed by atoms with Gasteiger partial charge >= 0.3 is 12.5 Å². The molecule has 1 saturated heterocycles. The van der Waals surface area contributed by atoms with Crippen LogP contribution < -0.4 is 4.74 Å². The molecule has 1 aromatic carbocycles. The molecule has 0 N–H and O–H groups in total. The minimum absolute atomic E-state index is 0.0572. The molecule has 1 aliphatic rings. The fraction of sp³-hybridized carbons (Fsp3) is 0.588. The molecule has 0 aromatic heterocycles. The maximum Gasteiger partial charge on any atom is 0.410 e. The second-order valence-corrected chi connectivity index (χ2v) is 7.37. The van der Waals surface area contributed by atoms with E-state index in [0.717, 1.165) is 0 Å². The number of carbonyl (C=O) groups is 1. The second-order valence-electron chi connectivity index (χ2n) is 6.94. The molecule has 0 aliphatic carbocycles. The van der Waals surface area contributed by atoms with Gasteiger partial charge in [-0.15, -0.1) is 0 Å². The normalized spacial score (nSPS) is 19.2. The SMILES string of the molecule is CC(C)(C)OC(=O)N1CCC(c2cc(Cl)cc(OC(F)C(F)F)c2)C1. The number of amides is 1. The van der Waals surface area contributed by atoms with Crippen molar-refractivity contribution in [3.63, 3.8) is 0 Å².